The van der Waals surface area contributed by atoms with E-state index < -0.39 is 18.9 Å². The Bertz CT molecular complexity index is 1040. The molecule has 0 aliphatic carbocycles. The van der Waals surface area contributed by atoms with Gasteiger partial charge >= 0.3 is 6.61 Å². The molecule has 0 bridgehead atoms. The summed E-state index contributed by atoms with van der Waals surface area (Å²) in [6.45, 7) is -2.61. The number of benzene rings is 2. The molecule has 0 atom stereocenters. The quantitative estimate of drug-likeness (QED) is 0.581. The molecule has 0 saturated heterocycles. The van der Waals surface area contributed by atoms with Crippen LogP contribution < -0.4 is 9.64 Å². The van der Waals surface area contributed by atoms with Gasteiger partial charge in [-0.3, -0.25) is 9.56 Å². The Morgan fingerprint density at radius 3 is 2.43 bits per heavy atom. The van der Waals surface area contributed by atoms with Crippen LogP contribution in [0.25, 0.3) is 16.9 Å². The molecule has 0 spiro atoms. The number of halogens is 4. The van der Waals surface area contributed by atoms with E-state index in [1.165, 1.54) is 22.9 Å². The van der Waals surface area contributed by atoms with Crippen LogP contribution in [0.15, 0.2) is 59.7 Å². The van der Waals surface area contributed by atoms with Crippen LogP contribution in [0, 0.1) is 0 Å². The summed E-state index contributed by atoms with van der Waals surface area (Å²) in [7, 11) is 0. The number of hydrogen-bond acceptors (Lipinski definition) is 4. The third-order valence-electron chi connectivity index (χ3n) is 4.22. The number of alkyl halides is 4. The van der Waals surface area contributed by atoms with Crippen LogP contribution in [-0.2, 0) is 0 Å². The number of anilines is 1. The molecule has 0 N–H and O–H groups in total. The lowest BCUT2D eigenvalue weighted by atomic mass is 10.2. The van der Waals surface area contributed by atoms with Gasteiger partial charge in [0.1, 0.15) is 11.6 Å². The summed E-state index contributed by atoms with van der Waals surface area (Å²) >= 11 is 0. The van der Waals surface area contributed by atoms with Crippen molar-refractivity contribution in [2.24, 2.45) is 4.99 Å². The van der Waals surface area contributed by atoms with Gasteiger partial charge in [-0.2, -0.15) is 8.78 Å². The smallest absolute Gasteiger partial charge is 0.387 e. The lowest BCUT2D eigenvalue weighted by Crippen LogP contribution is -2.29. The zero-order valence-electron chi connectivity index (χ0n) is 14.3. The maximum absolute atomic E-state index is 13.7. The molecule has 2 aromatic carbocycles. The van der Waals surface area contributed by atoms with E-state index in [1.54, 1.807) is 47.5 Å². The molecule has 144 valence electrons. The maximum atomic E-state index is 13.7. The normalized spacial score (nSPS) is 14.2. The number of ether oxygens (including phenoxy) is 1. The average molecular weight is 390 g/mol. The van der Waals surface area contributed by atoms with Crippen molar-refractivity contribution in [1.82, 2.24) is 9.55 Å². The van der Waals surface area contributed by atoms with E-state index in [4.69, 9.17) is 0 Å². The van der Waals surface area contributed by atoms with Gasteiger partial charge in [0.25, 0.3) is 6.43 Å². The summed E-state index contributed by atoms with van der Waals surface area (Å²) in [5.41, 5.74) is 1.56. The minimum absolute atomic E-state index is 0.0105. The molecule has 4 rings (SSSR count). The highest BCUT2D eigenvalue weighted by Gasteiger charge is 2.25. The molecule has 0 fully saturated rings. The topological polar surface area (TPSA) is 42.6 Å². The van der Waals surface area contributed by atoms with Crippen molar-refractivity contribution in [1.29, 1.82) is 0 Å². The van der Waals surface area contributed by atoms with Crippen molar-refractivity contribution in [3.63, 3.8) is 0 Å². The number of aromatic nitrogens is 2. The SMILES string of the molecule is FC(F)Oc1ccc(N2CC=NC=C2n2c(C(F)F)nc3ccccc32)cc1. The van der Waals surface area contributed by atoms with Crippen molar-refractivity contribution >= 4 is 28.8 Å². The largest absolute Gasteiger partial charge is 0.435 e. The van der Waals surface area contributed by atoms with Gasteiger partial charge in [-0.25, -0.2) is 13.8 Å². The standard InChI is InChI=1S/C19H14F4N4O/c20-17(21)18-25-14-3-1-2-4-15(14)27(18)16-11-24-9-10-26(16)12-5-7-13(8-6-12)28-19(22)23/h1-9,11,17,19H,10H2. The average Bonchev–Trinajstić information content (AvgIpc) is 3.08. The van der Waals surface area contributed by atoms with E-state index in [-0.39, 0.29) is 5.75 Å². The molecular formula is C19H14F4N4O. The van der Waals surface area contributed by atoms with Crippen LogP contribution in [-0.4, -0.2) is 28.9 Å². The second kappa shape index (κ2) is 7.34. The molecule has 28 heavy (non-hydrogen) atoms. The molecule has 1 aliphatic heterocycles. The number of nitrogens with zero attached hydrogens (tertiary/aromatic N) is 4. The second-order valence-corrected chi connectivity index (χ2v) is 5.90. The predicted octanol–water partition coefficient (Wildman–Crippen LogP) is 4.92. The van der Waals surface area contributed by atoms with Crippen molar-refractivity contribution in [2.75, 3.05) is 11.4 Å². The lowest BCUT2D eigenvalue weighted by Gasteiger charge is -2.29. The van der Waals surface area contributed by atoms with Gasteiger partial charge in [0.2, 0.25) is 0 Å². The molecular weight excluding hydrogens is 376 g/mol. The Balaban J connectivity index is 1.78. The monoisotopic (exact) mass is 390 g/mol. The van der Waals surface area contributed by atoms with Gasteiger partial charge in [0, 0.05) is 11.9 Å². The van der Waals surface area contributed by atoms with Gasteiger partial charge in [-0.05, 0) is 36.4 Å². The molecule has 2 heterocycles. The molecule has 0 amide bonds. The highest BCUT2D eigenvalue weighted by Crippen LogP contribution is 2.32. The number of fused-ring (bicyclic) bond motifs is 1. The van der Waals surface area contributed by atoms with Gasteiger partial charge in [0.15, 0.2) is 5.82 Å². The van der Waals surface area contributed by atoms with E-state index in [0.717, 1.165) is 0 Å². The van der Waals surface area contributed by atoms with Gasteiger partial charge in [-0.15, -0.1) is 0 Å². The van der Waals surface area contributed by atoms with Gasteiger partial charge in [0.05, 0.1) is 23.8 Å². The van der Waals surface area contributed by atoms with E-state index in [1.807, 2.05) is 0 Å². The van der Waals surface area contributed by atoms with E-state index >= 15 is 0 Å². The molecule has 3 aromatic rings. The van der Waals surface area contributed by atoms with Gasteiger partial charge < -0.3 is 9.64 Å². The third kappa shape index (κ3) is 3.30. The summed E-state index contributed by atoms with van der Waals surface area (Å²) < 4.78 is 57.8. The summed E-state index contributed by atoms with van der Waals surface area (Å²) in [4.78, 5) is 9.90. The maximum Gasteiger partial charge on any atom is 0.387 e. The number of para-hydroxylation sites is 2. The highest BCUT2D eigenvalue weighted by atomic mass is 19.3. The first-order valence-corrected chi connectivity index (χ1v) is 8.34. The third-order valence-corrected chi connectivity index (χ3v) is 4.22. The fourth-order valence-electron chi connectivity index (χ4n) is 3.07. The Labute approximate surface area is 157 Å². The highest BCUT2D eigenvalue weighted by molar-refractivity contribution is 5.87. The van der Waals surface area contributed by atoms with E-state index in [0.29, 0.717) is 29.1 Å². The predicted molar refractivity (Wildman–Crippen MR) is 97.9 cm³/mol. The molecule has 9 heteroatoms. The summed E-state index contributed by atoms with van der Waals surface area (Å²) in [5, 5.41) is 0. The summed E-state index contributed by atoms with van der Waals surface area (Å²) in [5.74, 6) is -0.00228. The Hall–Kier alpha value is -3.36. The van der Waals surface area contributed by atoms with Crippen LogP contribution in [0.4, 0.5) is 23.2 Å². The number of aliphatic imine (C=N–C) groups is 1. The zero-order chi connectivity index (χ0) is 19.7. The van der Waals surface area contributed by atoms with Crippen LogP contribution >= 0.6 is 0 Å². The van der Waals surface area contributed by atoms with E-state index in [9.17, 15) is 17.6 Å². The molecule has 0 unspecified atom stereocenters. The first-order chi connectivity index (χ1) is 13.5. The molecule has 0 saturated carbocycles. The molecule has 1 aliphatic rings. The fourth-order valence-corrected chi connectivity index (χ4v) is 3.07. The van der Waals surface area contributed by atoms with Crippen molar-refractivity contribution in [3.05, 3.63) is 60.6 Å². The minimum atomic E-state index is -2.92. The number of hydrogen-bond donors (Lipinski definition) is 0. The van der Waals surface area contributed by atoms with Crippen molar-refractivity contribution in [2.45, 2.75) is 13.0 Å². The number of rotatable bonds is 5. The van der Waals surface area contributed by atoms with Crippen LogP contribution in [0.5, 0.6) is 5.75 Å². The molecule has 1 aromatic heterocycles. The number of imidazole rings is 1. The minimum Gasteiger partial charge on any atom is -0.435 e. The zero-order valence-corrected chi connectivity index (χ0v) is 14.3. The fraction of sp³-hybridized carbons (Fsp3) is 0.158. The second-order valence-electron chi connectivity index (χ2n) is 5.90. The Kier molecular flexibility index (Phi) is 4.72. The van der Waals surface area contributed by atoms with Crippen LogP contribution in [0.2, 0.25) is 0 Å². The van der Waals surface area contributed by atoms with E-state index in [2.05, 4.69) is 14.7 Å². The first-order valence-electron chi connectivity index (χ1n) is 8.34. The Morgan fingerprint density at radius 2 is 1.71 bits per heavy atom. The van der Waals surface area contributed by atoms with Crippen LogP contribution in [0.1, 0.15) is 12.2 Å². The summed E-state index contributed by atoms with van der Waals surface area (Å²) in [6, 6.07) is 12.8. The van der Waals surface area contributed by atoms with Crippen LogP contribution in [0.3, 0.4) is 0 Å². The Morgan fingerprint density at radius 1 is 0.964 bits per heavy atom. The molecule has 0 radical (unpaired) electrons. The lowest BCUT2D eigenvalue weighted by molar-refractivity contribution is -0.0498. The molecule has 5 nitrogen and oxygen atoms in total. The first kappa shape index (κ1) is 18.0. The van der Waals surface area contributed by atoms with Gasteiger partial charge in [-0.1, -0.05) is 12.1 Å². The van der Waals surface area contributed by atoms with Crippen molar-refractivity contribution in [3.8, 4) is 5.75 Å². The van der Waals surface area contributed by atoms with Crippen molar-refractivity contribution < 1.29 is 22.3 Å². The summed E-state index contributed by atoms with van der Waals surface area (Å²) in [6.07, 6.45) is 0.296.